The van der Waals surface area contributed by atoms with Crippen LogP contribution in [0, 0.1) is 0 Å². The fourth-order valence-electron chi connectivity index (χ4n) is 1.95. The first kappa shape index (κ1) is 18.4. The minimum absolute atomic E-state index is 0.130. The number of halogens is 1. The predicted molar refractivity (Wildman–Crippen MR) is 95.6 cm³/mol. The van der Waals surface area contributed by atoms with Gasteiger partial charge in [-0.25, -0.2) is 0 Å². The molecule has 8 heteroatoms. The van der Waals surface area contributed by atoms with Crippen molar-refractivity contribution in [3.05, 3.63) is 39.9 Å². The molecule has 24 heavy (non-hydrogen) atoms. The minimum Gasteiger partial charge on any atom is -0.352 e. The molecule has 2 N–H and O–H groups in total. The molecule has 0 saturated carbocycles. The van der Waals surface area contributed by atoms with Gasteiger partial charge in [-0.1, -0.05) is 29.9 Å². The topological polar surface area (TPSA) is 84.0 Å². The third-order valence-electron chi connectivity index (χ3n) is 3.15. The van der Waals surface area contributed by atoms with E-state index in [4.69, 9.17) is 11.6 Å². The van der Waals surface area contributed by atoms with Gasteiger partial charge in [0.15, 0.2) is 0 Å². The summed E-state index contributed by atoms with van der Waals surface area (Å²) < 4.78 is 0. The maximum absolute atomic E-state index is 11.9. The number of amides is 2. The molecule has 128 valence electrons. The van der Waals surface area contributed by atoms with Crippen molar-refractivity contribution in [2.75, 3.05) is 11.9 Å². The second-order valence-corrected chi connectivity index (χ2v) is 6.66. The Morgan fingerprint density at radius 3 is 2.67 bits per heavy atom. The molecule has 0 fully saturated rings. The van der Waals surface area contributed by atoms with Crippen LogP contribution in [0.2, 0.25) is 5.02 Å². The number of carbonyl (C=O) groups excluding carboxylic acids is 2. The van der Waals surface area contributed by atoms with Gasteiger partial charge in [0.25, 0.3) is 5.91 Å². The lowest BCUT2D eigenvalue weighted by Crippen LogP contribution is -2.25. The Labute approximate surface area is 149 Å². The van der Waals surface area contributed by atoms with Crippen molar-refractivity contribution in [3.8, 4) is 0 Å². The molecule has 1 aromatic heterocycles. The van der Waals surface area contributed by atoms with Gasteiger partial charge in [-0.05, 0) is 37.1 Å². The van der Waals surface area contributed by atoms with E-state index in [2.05, 4.69) is 27.8 Å². The van der Waals surface area contributed by atoms with Crippen LogP contribution in [0.5, 0.6) is 0 Å². The molecule has 2 aromatic rings. The SMILES string of the molecule is CCCc1nnc(NC(=O)CCCNC(=O)c2ccc(Cl)cc2)s1. The van der Waals surface area contributed by atoms with E-state index in [-0.39, 0.29) is 11.8 Å². The van der Waals surface area contributed by atoms with E-state index < -0.39 is 0 Å². The second-order valence-electron chi connectivity index (χ2n) is 5.17. The summed E-state index contributed by atoms with van der Waals surface area (Å²) in [5.74, 6) is -0.310. The summed E-state index contributed by atoms with van der Waals surface area (Å²) in [5.41, 5.74) is 0.543. The second kappa shape index (κ2) is 9.34. The highest BCUT2D eigenvalue weighted by Crippen LogP contribution is 2.16. The molecule has 6 nitrogen and oxygen atoms in total. The standard InChI is InChI=1S/C16H19ClN4O2S/c1-2-4-14-20-21-16(24-14)19-13(22)5-3-10-18-15(23)11-6-8-12(17)9-7-11/h6-9H,2-5,10H2,1H3,(H,18,23)(H,19,21,22). The van der Waals surface area contributed by atoms with Crippen molar-refractivity contribution in [2.45, 2.75) is 32.6 Å². The average molecular weight is 367 g/mol. The number of anilines is 1. The van der Waals surface area contributed by atoms with Gasteiger partial charge in [0.2, 0.25) is 11.0 Å². The van der Waals surface area contributed by atoms with Crippen molar-refractivity contribution < 1.29 is 9.59 Å². The Bertz CT molecular complexity index is 688. The molecule has 0 aliphatic rings. The number of hydrogen-bond donors (Lipinski definition) is 2. The fourth-order valence-corrected chi connectivity index (χ4v) is 2.94. The summed E-state index contributed by atoms with van der Waals surface area (Å²) in [4.78, 5) is 23.7. The highest BCUT2D eigenvalue weighted by Gasteiger charge is 2.09. The van der Waals surface area contributed by atoms with Gasteiger partial charge in [0.1, 0.15) is 5.01 Å². The summed E-state index contributed by atoms with van der Waals surface area (Å²) in [5, 5.41) is 15.5. The summed E-state index contributed by atoms with van der Waals surface area (Å²) in [6.07, 6.45) is 2.72. The zero-order valence-corrected chi connectivity index (χ0v) is 14.9. The smallest absolute Gasteiger partial charge is 0.251 e. The number of benzene rings is 1. The quantitative estimate of drug-likeness (QED) is 0.702. The van der Waals surface area contributed by atoms with Crippen molar-refractivity contribution in [1.29, 1.82) is 0 Å². The Morgan fingerprint density at radius 1 is 1.21 bits per heavy atom. The Kier molecular flexibility index (Phi) is 7.14. The van der Waals surface area contributed by atoms with E-state index in [1.165, 1.54) is 11.3 Å². The summed E-state index contributed by atoms with van der Waals surface area (Å²) in [6, 6.07) is 6.65. The Morgan fingerprint density at radius 2 is 1.96 bits per heavy atom. The van der Waals surface area contributed by atoms with Gasteiger partial charge in [-0.3, -0.25) is 9.59 Å². The van der Waals surface area contributed by atoms with Gasteiger partial charge < -0.3 is 10.6 Å². The van der Waals surface area contributed by atoms with E-state index in [1.54, 1.807) is 24.3 Å². The van der Waals surface area contributed by atoms with E-state index in [0.29, 0.717) is 35.1 Å². The van der Waals surface area contributed by atoms with Crippen LogP contribution in [-0.2, 0) is 11.2 Å². The Balaban J connectivity index is 1.66. The molecule has 0 saturated heterocycles. The summed E-state index contributed by atoms with van der Waals surface area (Å²) in [6.45, 7) is 2.49. The third kappa shape index (κ3) is 5.90. The summed E-state index contributed by atoms with van der Waals surface area (Å²) in [7, 11) is 0. The number of nitrogens with zero attached hydrogens (tertiary/aromatic N) is 2. The van der Waals surface area contributed by atoms with Crippen molar-refractivity contribution in [1.82, 2.24) is 15.5 Å². The molecule has 1 heterocycles. The van der Waals surface area contributed by atoms with Crippen LogP contribution in [0.25, 0.3) is 0 Å². The van der Waals surface area contributed by atoms with Crippen LogP contribution in [0.1, 0.15) is 41.6 Å². The van der Waals surface area contributed by atoms with Crippen LogP contribution in [-0.4, -0.2) is 28.6 Å². The molecular formula is C16H19ClN4O2S. The molecule has 0 aliphatic heterocycles. The number of aromatic nitrogens is 2. The van der Waals surface area contributed by atoms with Crippen LogP contribution in [0.15, 0.2) is 24.3 Å². The van der Waals surface area contributed by atoms with E-state index in [0.717, 1.165) is 17.8 Å². The largest absolute Gasteiger partial charge is 0.352 e. The molecule has 2 amide bonds. The monoisotopic (exact) mass is 366 g/mol. The zero-order valence-electron chi connectivity index (χ0n) is 13.3. The first-order chi connectivity index (χ1) is 11.6. The molecule has 0 bridgehead atoms. The number of carbonyl (C=O) groups is 2. The lowest BCUT2D eigenvalue weighted by Gasteiger charge is -2.05. The highest BCUT2D eigenvalue weighted by atomic mass is 35.5. The third-order valence-corrected chi connectivity index (χ3v) is 4.30. The number of aryl methyl sites for hydroxylation is 1. The molecular weight excluding hydrogens is 348 g/mol. The van der Waals surface area contributed by atoms with Gasteiger partial charge in [0, 0.05) is 30.0 Å². The predicted octanol–water partition coefficient (Wildman–Crippen LogP) is 3.29. The lowest BCUT2D eigenvalue weighted by atomic mass is 10.2. The molecule has 1 aromatic carbocycles. The molecule has 2 rings (SSSR count). The van der Waals surface area contributed by atoms with E-state index in [9.17, 15) is 9.59 Å². The van der Waals surface area contributed by atoms with E-state index >= 15 is 0 Å². The first-order valence-corrected chi connectivity index (χ1v) is 8.94. The number of hydrogen-bond acceptors (Lipinski definition) is 5. The molecule has 0 radical (unpaired) electrons. The minimum atomic E-state index is -0.180. The van der Waals surface area contributed by atoms with Gasteiger partial charge >= 0.3 is 0 Å². The van der Waals surface area contributed by atoms with Crippen molar-refractivity contribution >= 4 is 39.9 Å². The highest BCUT2D eigenvalue weighted by molar-refractivity contribution is 7.15. The molecule has 0 unspecified atom stereocenters. The van der Waals surface area contributed by atoms with Gasteiger partial charge in [-0.15, -0.1) is 10.2 Å². The zero-order chi connectivity index (χ0) is 17.4. The number of nitrogens with one attached hydrogen (secondary N) is 2. The van der Waals surface area contributed by atoms with Crippen LogP contribution < -0.4 is 10.6 Å². The van der Waals surface area contributed by atoms with Gasteiger partial charge in [-0.2, -0.15) is 0 Å². The van der Waals surface area contributed by atoms with Crippen molar-refractivity contribution in [2.24, 2.45) is 0 Å². The maximum Gasteiger partial charge on any atom is 0.251 e. The normalized spacial score (nSPS) is 10.4. The Hall–Kier alpha value is -1.99. The first-order valence-electron chi connectivity index (χ1n) is 7.74. The van der Waals surface area contributed by atoms with Crippen LogP contribution in [0.4, 0.5) is 5.13 Å². The molecule has 0 spiro atoms. The van der Waals surface area contributed by atoms with Crippen molar-refractivity contribution in [3.63, 3.8) is 0 Å². The lowest BCUT2D eigenvalue weighted by molar-refractivity contribution is -0.116. The van der Waals surface area contributed by atoms with E-state index in [1.807, 2.05) is 0 Å². The van der Waals surface area contributed by atoms with Crippen LogP contribution in [0.3, 0.4) is 0 Å². The van der Waals surface area contributed by atoms with Crippen LogP contribution >= 0.6 is 22.9 Å². The average Bonchev–Trinajstić information content (AvgIpc) is 2.99. The maximum atomic E-state index is 11.9. The van der Waals surface area contributed by atoms with Gasteiger partial charge in [0.05, 0.1) is 0 Å². The number of rotatable bonds is 8. The molecule has 0 aliphatic carbocycles. The summed E-state index contributed by atoms with van der Waals surface area (Å²) >= 11 is 7.17. The fraction of sp³-hybridized carbons (Fsp3) is 0.375. The molecule has 0 atom stereocenters.